The molecular weight excluding hydrogens is 196 g/mol. The minimum Gasteiger partial charge on any atom is -0.463 e. The largest absolute Gasteiger partial charge is 0.463 e. The maximum Gasteiger partial charge on any atom is 0.345 e. The molecule has 2 unspecified atom stereocenters. The molecule has 1 rings (SSSR count). The zero-order valence-electron chi connectivity index (χ0n) is 9.54. The first-order valence-electron chi connectivity index (χ1n) is 5.39. The SMILES string of the molecule is CCCCOC(=O)C1(C)OC(C)CC1=O. The van der Waals surface area contributed by atoms with Crippen LogP contribution in [0.4, 0.5) is 0 Å². The number of rotatable bonds is 4. The quantitative estimate of drug-likeness (QED) is 0.404. The van der Waals surface area contributed by atoms with E-state index >= 15 is 0 Å². The van der Waals surface area contributed by atoms with Crippen molar-refractivity contribution in [2.24, 2.45) is 0 Å². The lowest BCUT2D eigenvalue weighted by atomic mass is 10.0. The first-order chi connectivity index (χ1) is 7.00. The molecule has 1 aliphatic rings. The molecule has 86 valence electrons. The van der Waals surface area contributed by atoms with E-state index in [1.165, 1.54) is 6.92 Å². The van der Waals surface area contributed by atoms with Crippen molar-refractivity contribution in [3.8, 4) is 0 Å². The summed E-state index contributed by atoms with van der Waals surface area (Å²) in [5, 5.41) is 0. The van der Waals surface area contributed by atoms with Crippen LogP contribution < -0.4 is 0 Å². The molecule has 0 radical (unpaired) electrons. The molecule has 0 aromatic rings. The van der Waals surface area contributed by atoms with Crippen molar-refractivity contribution >= 4 is 11.8 Å². The molecule has 1 fully saturated rings. The summed E-state index contributed by atoms with van der Waals surface area (Å²) in [7, 11) is 0. The summed E-state index contributed by atoms with van der Waals surface area (Å²) >= 11 is 0. The molecule has 0 amide bonds. The Morgan fingerprint density at radius 2 is 2.33 bits per heavy atom. The summed E-state index contributed by atoms with van der Waals surface area (Å²) < 4.78 is 10.3. The molecule has 0 N–H and O–H groups in total. The second-order valence-corrected chi connectivity index (χ2v) is 4.08. The summed E-state index contributed by atoms with van der Waals surface area (Å²) in [4.78, 5) is 23.2. The average molecular weight is 214 g/mol. The standard InChI is InChI=1S/C11H18O4/c1-4-5-6-14-10(13)11(3)9(12)7-8(2)15-11/h8H,4-7H2,1-3H3. The van der Waals surface area contributed by atoms with Gasteiger partial charge < -0.3 is 9.47 Å². The fourth-order valence-electron chi connectivity index (χ4n) is 1.57. The van der Waals surface area contributed by atoms with Crippen molar-refractivity contribution < 1.29 is 19.1 Å². The number of unbranched alkanes of at least 4 members (excludes halogenated alkanes) is 1. The monoisotopic (exact) mass is 214 g/mol. The van der Waals surface area contributed by atoms with Gasteiger partial charge in [-0.25, -0.2) is 4.79 Å². The highest BCUT2D eigenvalue weighted by atomic mass is 16.6. The van der Waals surface area contributed by atoms with Gasteiger partial charge in [-0.15, -0.1) is 0 Å². The molecule has 1 heterocycles. The molecule has 0 bridgehead atoms. The van der Waals surface area contributed by atoms with Gasteiger partial charge in [0, 0.05) is 6.42 Å². The zero-order valence-corrected chi connectivity index (χ0v) is 9.54. The number of ether oxygens (including phenoxy) is 2. The minimum absolute atomic E-state index is 0.184. The fourth-order valence-corrected chi connectivity index (χ4v) is 1.57. The number of carbonyl (C=O) groups is 2. The molecule has 2 atom stereocenters. The van der Waals surface area contributed by atoms with E-state index in [0.717, 1.165) is 12.8 Å². The van der Waals surface area contributed by atoms with E-state index in [1.807, 2.05) is 6.92 Å². The van der Waals surface area contributed by atoms with Gasteiger partial charge in [-0.1, -0.05) is 13.3 Å². The van der Waals surface area contributed by atoms with Crippen LogP contribution in [0.15, 0.2) is 0 Å². The van der Waals surface area contributed by atoms with Crippen molar-refractivity contribution in [2.75, 3.05) is 6.61 Å². The molecule has 0 aliphatic carbocycles. The van der Waals surface area contributed by atoms with Gasteiger partial charge in [-0.2, -0.15) is 0 Å². The van der Waals surface area contributed by atoms with Crippen molar-refractivity contribution in [3.05, 3.63) is 0 Å². The van der Waals surface area contributed by atoms with E-state index in [9.17, 15) is 9.59 Å². The van der Waals surface area contributed by atoms with Crippen LogP contribution in [0, 0.1) is 0 Å². The summed E-state index contributed by atoms with van der Waals surface area (Å²) in [5.74, 6) is -0.734. The smallest absolute Gasteiger partial charge is 0.345 e. The van der Waals surface area contributed by atoms with Gasteiger partial charge in [0.05, 0.1) is 12.7 Å². The Morgan fingerprint density at radius 3 is 2.80 bits per heavy atom. The van der Waals surface area contributed by atoms with E-state index in [1.54, 1.807) is 6.92 Å². The van der Waals surface area contributed by atoms with Crippen LogP contribution >= 0.6 is 0 Å². The van der Waals surface area contributed by atoms with Gasteiger partial charge in [0.1, 0.15) is 0 Å². The Labute approximate surface area is 89.9 Å². The molecular formula is C11H18O4. The number of hydrogen-bond donors (Lipinski definition) is 0. The van der Waals surface area contributed by atoms with Gasteiger partial charge in [0.15, 0.2) is 5.78 Å². The molecule has 0 aromatic carbocycles. The minimum atomic E-state index is -1.37. The summed E-state index contributed by atoms with van der Waals surface area (Å²) in [6, 6.07) is 0. The van der Waals surface area contributed by atoms with Crippen LogP contribution in [0.5, 0.6) is 0 Å². The van der Waals surface area contributed by atoms with Crippen LogP contribution in [0.1, 0.15) is 40.0 Å². The molecule has 15 heavy (non-hydrogen) atoms. The Hall–Kier alpha value is -0.900. The Morgan fingerprint density at radius 1 is 1.67 bits per heavy atom. The highest BCUT2D eigenvalue weighted by Gasteiger charge is 2.50. The van der Waals surface area contributed by atoms with Crippen LogP contribution in [0.3, 0.4) is 0 Å². The first kappa shape index (κ1) is 12.2. The average Bonchev–Trinajstić information content (AvgIpc) is 2.42. The van der Waals surface area contributed by atoms with Crippen LogP contribution in [-0.2, 0) is 19.1 Å². The molecule has 4 nitrogen and oxygen atoms in total. The van der Waals surface area contributed by atoms with Gasteiger partial charge in [0.25, 0.3) is 0 Å². The van der Waals surface area contributed by atoms with Gasteiger partial charge >= 0.3 is 5.97 Å². The zero-order chi connectivity index (χ0) is 11.5. The lowest BCUT2D eigenvalue weighted by Gasteiger charge is -2.20. The van der Waals surface area contributed by atoms with Gasteiger partial charge in [0.2, 0.25) is 5.60 Å². The van der Waals surface area contributed by atoms with Crippen LogP contribution in [-0.4, -0.2) is 30.1 Å². The van der Waals surface area contributed by atoms with Gasteiger partial charge in [-0.05, 0) is 20.3 Å². The van der Waals surface area contributed by atoms with E-state index in [2.05, 4.69) is 0 Å². The number of carbonyl (C=O) groups excluding carboxylic acids is 2. The fraction of sp³-hybridized carbons (Fsp3) is 0.818. The second kappa shape index (κ2) is 4.75. The van der Waals surface area contributed by atoms with E-state index < -0.39 is 11.6 Å². The molecule has 1 saturated heterocycles. The summed E-state index contributed by atoms with van der Waals surface area (Å²) in [6.07, 6.45) is 1.86. The van der Waals surface area contributed by atoms with Crippen molar-refractivity contribution in [2.45, 2.75) is 51.7 Å². The number of Topliss-reactive ketones (excluding diaryl/α,β-unsaturated/α-hetero) is 1. The Balaban J connectivity index is 2.54. The number of hydrogen-bond acceptors (Lipinski definition) is 4. The Kier molecular flexibility index (Phi) is 3.85. The predicted molar refractivity (Wildman–Crippen MR) is 54.4 cm³/mol. The van der Waals surface area contributed by atoms with Crippen LogP contribution in [0.2, 0.25) is 0 Å². The summed E-state index contributed by atoms with van der Waals surface area (Å²) in [6.45, 7) is 5.64. The molecule has 0 spiro atoms. The first-order valence-corrected chi connectivity index (χ1v) is 5.39. The van der Waals surface area contributed by atoms with Gasteiger partial charge in [-0.3, -0.25) is 4.79 Å². The lowest BCUT2D eigenvalue weighted by molar-refractivity contribution is -0.170. The third-order valence-electron chi connectivity index (χ3n) is 2.56. The molecule has 0 aromatic heterocycles. The summed E-state index contributed by atoms with van der Waals surface area (Å²) in [5.41, 5.74) is -1.37. The maximum atomic E-state index is 11.6. The Bertz CT molecular complexity index is 261. The lowest BCUT2D eigenvalue weighted by Crippen LogP contribution is -2.43. The second-order valence-electron chi connectivity index (χ2n) is 4.08. The molecule has 1 aliphatic heterocycles. The number of esters is 1. The highest BCUT2D eigenvalue weighted by Crippen LogP contribution is 2.27. The topological polar surface area (TPSA) is 52.6 Å². The van der Waals surface area contributed by atoms with Crippen molar-refractivity contribution in [3.63, 3.8) is 0 Å². The van der Waals surface area contributed by atoms with E-state index in [0.29, 0.717) is 13.0 Å². The predicted octanol–water partition coefficient (Wildman–Crippen LogP) is 1.47. The third kappa shape index (κ3) is 2.56. The highest BCUT2D eigenvalue weighted by molar-refractivity contribution is 6.08. The van der Waals surface area contributed by atoms with Crippen molar-refractivity contribution in [1.29, 1.82) is 0 Å². The molecule has 4 heteroatoms. The van der Waals surface area contributed by atoms with E-state index in [4.69, 9.17) is 9.47 Å². The third-order valence-corrected chi connectivity index (χ3v) is 2.56. The number of ketones is 1. The van der Waals surface area contributed by atoms with Crippen LogP contribution in [0.25, 0.3) is 0 Å². The van der Waals surface area contributed by atoms with E-state index in [-0.39, 0.29) is 11.9 Å². The van der Waals surface area contributed by atoms with Crippen molar-refractivity contribution in [1.82, 2.24) is 0 Å². The maximum absolute atomic E-state index is 11.6. The molecule has 0 saturated carbocycles. The normalized spacial score (nSPS) is 30.6.